The van der Waals surface area contributed by atoms with Gasteiger partial charge in [-0.05, 0) is 54.4 Å². The Morgan fingerprint density at radius 2 is 1.79 bits per heavy atom. The summed E-state index contributed by atoms with van der Waals surface area (Å²) in [6, 6.07) is 9.14. The molecule has 0 fully saturated rings. The molecule has 5 rings (SSSR count). The molecule has 0 spiro atoms. The van der Waals surface area contributed by atoms with Gasteiger partial charge in [-0.15, -0.1) is 0 Å². The third kappa shape index (κ3) is 6.00. The molecule has 0 unspecified atom stereocenters. The van der Waals surface area contributed by atoms with Crippen LogP contribution < -0.4 is 16.0 Å². The number of benzene rings is 3. The van der Waals surface area contributed by atoms with Crippen molar-refractivity contribution >= 4 is 65.2 Å². The molecule has 3 aromatic carbocycles. The summed E-state index contributed by atoms with van der Waals surface area (Å²) in [5, 5.41) is 4.09. The lowest BCUT2D eigenvalue weighted by Gasteiger charge is -2.20. The maximum atomic E-state index is 14.0. The average Bonchev–Trinajstić information content (AvgIpc) is 3.20. The number of rotatable bonds is 8. The molecule has 5 aromatic rings. The molecule has 0 aliphatic rings. The Hall–Kier alpha value is -3.53. The molecule has 16 heteroatoms. The number of halogens is 6. The Bertz CT molecular complexity index is 2020. The van der Waals surface area contributed by atoms with Crippen LogP contribution in [0.3, 0.4) is 0 Å². The van der Waals surface area contributed by atoms with Crippen LogP contribution in [0, 0.1) is 11.6 Å². The molecule has 0 radical (unpaired) electrons. The summed E-state index contributed by atoms with van der Waals surface area (Å²) in [5.41, 5.74) is 6.16. The van der Waals surface area contributed by atoms with Crippen molar-refractivity contribution in [3.63, 3.8) is 0 Å². The lowest BCUT2D eigenvalue weighted by Crippen LogP contribution is -2.30. The molecule has 42 heavy (non-hydrogen) atoms. The first-order valence-corrected chi connectivity index (χ1v) is 15.2. The number of alkyl halides is 2. The monoisotopic (exact) mass is 686 g/mol. The molecule has 9 nitrogen and oxygen atoms in total. The number of hydrogen-bond donors (Lipinski definition) is 2. The van der Waals surface area contributed by atoms with Gasteiger partial charge in [0.1, 0.15) is 24.0 Å². The highest BCUT2D eigenvalue weighted by Crippen LogP contribution is 2.36. The van der Waals surface area contributed by atoms with Crippen LogP contribution in [0.4, 0.5) is 23.4 Å². The van der Waals surface area contributed by atoms with E-state index >= 15 is 0 Å². The number of hydrogen-bond acceptors (Lipinski definition) is 6. The molecule has 2 heterocycles. The van der Waals surface area contributed by atoms with Gasteiger partial charge in [0, 0.05) is 10.5 Å². The quantitative estimate of drug-likeness (QED) is 0.213. The average molecular weight is 688 g/mol. The summed E-state index contributed by atoms with van der Waals surface area (Å²) in [5.74, 6) is -2.05. The lowest BCUT2D eigenvalue weighted by molar-refractivity contribution is 0.123. The van der Waals surface area contributed by atoms with E-state index in [9.17, 15) is 30.8 Å². The third-order valence-corrected chi connectivity index (χ3v) is 7.59. The van der Waals surface area contributed by atoms with Crippen molar-refractivity contribution in [3.05, 3.63) is 91.4 Å². The SMILES string of the molecule is CS(=O)(=O)Nc1nn(CC(F)F)c2c(-n3c([C@@H](N)Cc4cc(F)cc(F)c4)nc4cc(Br)ccc4c3=O)ccc(Cl)c12. The van der Waals surface area contributed by atoms with E-state index in [0.29, 0.717) is 10.5 Å². The molecular weight excluding hydrogens is 668 g/mol. The van der Waals surface area contributed by atoms with Crippen molar-refractivity contribution < 1.29 is 26.0 Å². The van der Waals surface area contributed by atoms with Crippen LogP contribution in [-0.4, -0.2) is 40.4 Å². The first-order valence-electron chi connectivity index (χ1n) is 12.1. The highest BCUT2D eigenvalue weighted by Gasteiger charge is 2.26. The Labute approximate surface area is 249 Å². The van der Waals surface area contributed by atoms with E-state index in [2.05, 4.69) is 30.7 Å². The van der Waals surface area contributed by atoms with E-state index < -0.39 is 46.2 Å². The molecule has 0 aliphatic heterocycles. The van der Waals surface area contributed by atoms with Crippen molar-refractivity contribution in [1.82, 2.24) is 19.3 Å². The zero-order valence-corrected chi connectivity index (χ0v) is 24.6. The standard InChI is InChI=1S/C26H20BrClF4N6O3S/c1-42(40,41)36-24-22-17(28)4-5-20(23(22)37(35-24)11-21(31)32)38-25(18(33)8-12-6-14(29)10-15(30)7-12)34-19-9-13(27)2-3-16(19)26(38)39/h2-7,9-10,18,21H,8,11,33H2,1H3,(H,35,36)/t18-/m0/s1. The highest BCUT2D eigenvalue weighted by molar-refractivity contribution is 9.10. The Morgan fingerprint density at radius 3 is 2.43 bits per heavy atom. The zero-order chi connectivity index (χ0) is 30.5. The normalized spacial score (nSPS) is 12.9. The van der Waals surface area contributed by atoms with Crippen LogP contribution in [0.2, 0.25) is 5.02 Å². The van der Waals surface area contributed by atoms with Crippen molar-refractivity contribution in [2.75, 3.05) is 11.0 Å². The molecule has 2 aromatic heterocycles. The van der Waals surface area contributed by atoms with Crippen LogP contribution in [0.5, 0.6) is 0 Å². The molecule has 3 N–H and O–H groups in total. The molecule has 0 amide bonds. The minimum atomic E-state index is -3.92. The van der Waals surface area contributed by atoms with Gasteiger partial charge in [-0.2, -0.15) is 5.10 Å². The number of anilines is 1. The second-order valence-corrected chi connectivity index (χ2v) is 12.5. The van der Waals surface area contributed by atoms with Gasteiger partial charge in [0.15, 0.2) is 5.82 Å². The number of nitrogens with one attached hydrogen (secondary N) is 1. The number of sulfonamides is 1. The van der Waals surface area contributed by atoms with Crippen LogP contribution in [0.1, 0.15) is 17.4 Å². The Morgan fingerprint density at radius 1 is 1.10 bits per heavy atom. The molecule has 0 saturated carbocycles. The van der Waals surface area contributed by atoms with Gasteiger partial charge < -0.3 is 5.73 Å². The minimum Gasteiger partial charge on any atom is -0.321 e. The maximum absolute atomic E-state index is 14.0. The van der Waals surface area contributed by atoms with Crippen LogP contribution in [0.15, 0.2) is 57.8 Å². The molecule has 0 aliphatic carbocycles. The fraction of sp³-hybridized carbons (Fsp3) is 0.192. The van der Waals surface area contributed by atoms with Crippen molar-refractivity contribution in [2.24, 2.45) is 5.73 Å². The van der Waals surface area contributed by atoms with Gasteiger partial charge in [0.25, 0.3) is 12.0 Å². The maximum Gasteiger partial charge on any atom is 0.266 e. The van der Waals surface area contributed by atoms with E-state index in [-0.39, 0.29) is 56.1 Å². The summed E-state index contributed by atoms with van der Waals surface area (Å²) in [6.07, 6.45) is -2.22. The summed E-state index contributed by atoms with van der Waals surface area (Å²) < 4.78 is 84.0. The summed E-state index contributed by atoms with van der Waals surface area (Å²) >= 11 is 9.75. The second kappa shape index (κ2) is 11.3. The summed E-state index contributed by atoms with van der Waals surface area (Å²) in [4.78, 5) is 18.6. The van der Waals surface area contributed by atoms with E-state index in [1.165, 1.54) is 18.2 Å². The summed E-state index contributed by atoms with van der Waals surface area (Å²) in [7, 11) is -3.92. The van der Waals surface area contributed by atoms with E-state index in [0.717, 1.165) is 27.6 Å². The number of fused-ring (bicyclic) bond motifs is 2. The van der Waals surface area contributed by atoms with Crippen molar-refractivity contribution in [2.45, 2.75) is 25.4 Å². The third-order valence-electron chi connectivity index (χ3n) is 6.22. The van der Waals surface area contributed by atoms with E-state index in [1.54, 1.807) is 12.1 Å². The highest BCUT2D eigenvalue weighted by atomic mass is 79.9. The Kier molecular flexibility index (Phi) is 8.04. The largest absolute Gasteiger partial charge is 0.321 e. The van der Waals surface area contributed by atoms with E-state index in [1.807, 2.05) is 0 Å². The summed E-state index contributed by atoms with van der Waals surface area (Å²) in [6.45, 7) is -0.970. The first-order chi connectivity index (χ1) is 19.7. The predicted molar refractivity (Wildman–Crippen MR) is 155 cm³/mol. The van der Waals surface area contributed by atoms with Gasteiger partial charge >= 0.3 is 0 Å². The van der Waals surface area contributed by atoms with Gasteiger partial charge in [-0.25, -0.2) is 31.0 Å². The first kappa shape index (κ1) is 29.9. The van der Waals surface area contributed by atoms with Crippen molar-refractivity contribution in [3.8, 4) is 5.69 Å². The second-order valence-electron chi connectivity index (χ2n) is 9.45. The topological polar surface area (TPSA) is 125 Å². The van der Waals surface area contributed by atoms with E-state index in [4.69, 9.17) is 17.3 Å². The molecule has 220 valence electrons. The van der Waals surface area contributed by atoms with Crippen molar-refractivity contribution in [1.29, 1.82) is 0 Å². The molecule has 0 bridgehead atoms. The number of aromatic nitrogens is 4. The lowest BCUT2D eigenvalue weighted by atomic mass is 10.0. The smallest absolute Gasteiger partial charge is 0.266 e. The molecule has 0 saturated heterocycles. The van der Waals surface area contributed by atoms with Crippen LogP contribution >= 0.6 is 27.5 Å². The predicted octanol–water partition coefficient (Wildman–Crippen LogP) is 5.31. The van der Waals surface area contributed by atoms with Gasteiger partial charge in [0.2, 0.25) is 10.0 Å². The molecular formula is C26H20BrClF4N6O3S. The fourth-order valence-corrected chi connectivity index (χ4v) is 5.77. The van der Waals surface area contributed by atoms with Gasteiger partial charge in [0.05, 0.1) is 44.8 Å². The minimum absolute atomic E-state index is 0.0257. The number of nitrogens with zero attached hydrogens (tertiary/aromatic N) is 4. The van der Waals surface area contributed by atoms with Gasteiger partial charge in [-0.3, -0.25) is 18.8 Å². The molecule has 1 atom stereocenters. The van der Waals surface area contributed by atoms with Crippen LogP contribution in [0.25, 0.3) is 27.5 Å². The van der Waals surface area contributed by atoms with Crippen LogP contribution in [-0.2, 0) is 23.0 Å². The fourth-order valence-electron chi connectivity index (χ4n) is 4.68. The zero-order valence-electron chi connectivity index (χ0n) is 21.5. The number of nitrogens with two attached hydrogens (primary N) is 1. The van der Waals surface area contributed by atoms with Gasteiger partial charge in [-0.1, -0.05) is 27.5 Å². The Balaban J connectivity index is 1.84.